The predicted octanol–water partition coefficient (Wildman–Crippen LogP) is 2.54. The second-order valence-corrected chi connectivity index (χ2v) is 6.18. The Morgan fingerprint density at radius 1 is 1.24 bits per heavy atom. The summed E-state index contributed by atoms with van der Waals surface area (Å²) in [4.78, 5) is 24.1. The van der Waals surface area contributed by atoms with Crippen molar-refractivity contribution < 1.29 is 19.1 Å². The second-order valence-electron chi connectivity index (χ2n) is 6.18. The highest BCUT2D eigenvalue weighted by atomic mass is 16.5. The molecular formula is C18H21N3O4. The zero-order chi connectivity index (χ0) is 17.7. The van der Waals surface area contributed by atoms with Gasteiger partial charge >= 0.3 is 5.97 Å². The lowest BCUT2D eigenvalue weighted by Gasteiger charge is -2.33. The Balaban J connectivity index is 1.77. The van der Waals surface area contributed by atoms with Crippen molar-refractivity contribution in [3.05, 3.63) is 30.3 Å². The number of esters is 1. The Hall–Kier alpha value is -2.70. The molecule has 0 unspecified atom stereocenters. The highest BCUT2D eigenvalue weighted by Gasteiger charge is 2.44. The van der Waals surface area contributed by atoms with Gasteiger partial charge in [0.1, 0.15) is 17.8 Å². The number of nitrogens with zero attached hydrogens (tertiary/aromatic N) is 2. The van der Waals surface area contributed by atoms with Gasteiger partial charge in [0.2, 0.25) is 5.88 Å². The molecule has 0 radical (unpaired) electrons. The van der Waals surface area contributed by atoms with Gasteiger partial charge in [-0.2, -0.15) is 0 Å². The molecule has 132 valence electrons. The van der Waals surface area contributed by atoms with Crippen molar-refractivity contribution in [1.29, 1.82) is 0 Å². The molecule has 0 spiro atoms. The molecule has 25 heavy (non-hydrogen) atoms. The first kappa shape index (κ1) is 17.1. The molecule has 2 aromatic rings. The van der Waals surface area contributed by atoms with E-state index in [1.807, 2.05) is 30.3 Å². The van der Waals surface area contributed by atoms with Gasteiger partial charge in [-0.25, -0.2) is 5.10 Å². The van der Waals surface area contributed by atoms with Gasteiger partial charge < -0.3 is 9.47 Å². The van der Waals surface area contributed by atoms with Crippen LogP contribution < -0.4 is 4.74 Å². The van der Waals surface area contributed by atoms with E-state index in [1.54, 1.807) is 6.92 Å². The molecule has 1 aromatic carbocycles. The molecule has 1 aromatic heterocycles. The van der Waals surface area contributed by atoms with E-state index in [2.05, 4.69) is 15.4 Å². The van der Waals surface area contributed by atoms with Gasteiger partial charge in [0.25, 0.3) is 0 Å². The van der Waals surface area contributed by atoms with Gasteiger partial charge in [-0.3, -0.25) is 9.59 Å². The van der Waals surface area contributed by atoms with E-state index in [9.17, 15) is 9.59 Å². The van der Waals surface area contributed by atoms with Crippen LogP contribution in [0.4, 0.5) is 0 Å². The number of H-pyrrole nitrogens is 1. The number of carbonyl (C=O) groups excluding carboxylic acids is 2. The number of rotatable bonds is 6. The first-order chi connectivity index (χ1) is 12.1. The molecule has 0 aliphatic heterocycles. The van der Waals surface area contributed by atoms with Crippen molar-refractivity contribution in [3.63, 3.8) is 0 Å². The van der Waals surface area contributed by atoms with Crippen LogP contribution in [-0.4, -0.2) is 40.4 Å². The Morgan fingerprint density at radius 2 is 1.96 bits per heavy atom. The molecule has 7 heteroatoms. The van der Waals surface area contributed by atoms with Gasteiger partial charge in [0.05, 0.1) is 6.61 Å². The molecule has 1 heterocycles. The summed E-state index contributed by atoms with van der Waals surface area (Å²) < 4.78 is 11.1. The van der Waals surface area contributed by atoms with Crippen molar-refractivity contribution in [3.8, 4) is 17.1 Å². The van der Waals surface area contributed by atoms with Crippen molar-refractivity contribution in [2.24, 2.45) is 5.41 Å². The standard InChI is InChI=1S/C18H21N3O4/c1-2-24-17(23)18(10-8-14(22)9-11-18)12-25-16-15(19-21-20-16)13-6-4-3-5-7-13/h3-7H,2,8-12H2,1H3,(H,19,20,21). The molecule has 1 N–H and O–H groups in total. The highest BCUT2D eigenvalue weighted by molar-refractivity contribution is 5.84. The van der Waals surface area contributed by atoms with Crippen molar-refractivity contribution in [2.45, 2.75) is 32.6 Å². The van der Waals surface area contributed by atoms with Crippen LogP contribution in [0, 0.1) is 5.41 Å². The Bertz CT molecular complexity index is 732. The van der Waals surface area contributed by atoms with Gasteiger partial charge in [0.15, 0.2) is 5.69 Å². The minimum Gasteiger partial charge on any atom is -0.475 e. The summed E-state index contributed by atoms with van der Waals surface area (Å²) in [6.07, 6.45) is 1.61. The fraction of sp³-hybridized carbons (Fsp3) is 0.444. The molecule has 1 saturated carbocycles. The Morgan fingerprint density at radius 3 is 2.64 bits per heavy atom. The number of hydrogen-bond donors (Lipinski definition) is 1. The molecule has 0 bridgehead atoms. The van der Waals surface area contributed by atoms with Crippen molar-refractivity contribution in [1.82, 2.24) is 15.4 Å². The van der Waals surface area contributed by atoms with E-state index in [0.717, 1.165) is 5.56 Å². The van der Waals surface area contributed by atoms with E-state index < -0.39 is 5.41 Å². The fourth-order valence-corrected chi connectivity index (χ4v) is 3.01. The van der Waals surface area contributed by atoms with Crippen LogP contribution in [0.2, 0.25) is 0 Å². The Kier molecular flexibility index (Phi) is 5.11. The van der Waals surface area contributed by atoms with Crippen molar-refractivity contribution >= 4 is 11.8 Å². The smallest absolute Gasteiger partial charge is 0.315 e. The fourth-order valence-electron chi connectivity index (χ4n) is 3.01. The molecule has 0 amide bonds. The second kappa shape index (κ2) is 7.46. The minimum absolute atomic E-state index is 0.128. The van der Waals surface area contributed by atoms with E-state index >= 15 is 0 Å². The average molecular weight is 343 g/mol. The number of nitrogens with one attached hydrogen (secondary N) is 1. The van der Waals surface area contributed by atoms with E-state index in [4.69, 9.17) is 9.47 Å². The number of ketones is 1. The van der Waals surface area contributed by atoms with Crippen molar-refractivity contribution in [2.75, 3.05) is 13.2 Å². The molecular weight excluding hydrogens is 322 g/mol. The highest BCUT2D eigenvalue weighted by Crippen LogP contribution is 2.37. The SMILES string of the molecule is CCOC(=O)C1(COc2[nH]nnc2-c2ccccc2)CCC(=O)CC1. The van der Waals surface area contributed by atoms with Crippen LogP contribution in [-0.2, 0) is 14.3 Å². The van der Waals surface area contributed by atoms with Gasteiger partial charge in [-0.05, 0) is 19.8 Å². The third-order valence-corrected chi connectivity index (χ3v) is 4.53. The minimum atomic E-state index is -0.803. The number of ether oxygens (including phenoxy) is 2. The monoisotopic (exact) mass is 343 g/mol. The normalized spacial score (nSPS) is 16.4. The topological polar surface area (TPSA) is 94.2 Å². The summed E-state index contributed by atoms with van der Waals surface area (Å²) in [5.41, 5.74) is 0.657. The molecule has 1 aliphatic rings. The summed E-state index contributed by atoms with van der Waals surface area (Å²) in [6.45, 7) is 2.20. The first-order valence-corrected chi connectivity index (χ1v) is 8.43. The average Bonchev–Trinajstić information content (AvgIpc) is 3.11. The summed E-state index contributed by atoms with van der Waals surface area (Å²) in [6, 6.07) is 9.54. The summed E-state index contributed by atoms with van der Waals surface area (Å²) in [7, 11) is 0. The number of benzene rings is 1. The van der Waals surface area contributed by atoms with E-state index in [-0.39, 0.29) is 18.4 Å². The maximum absolute atomic E-state index is 12.5. The third-order valence-electron chi connectivity index (χ3n) is 4.53. The largest absolute Gasteiger partial charge is 0.475 e. The molecule has 0 saturated heterocycles. The number of Topliss-reactive ketones (excluding diaryl/α,β-unsaturated/α-hetero) is 1. The van der Waals surface area contributed by atoms with Gasteiger partial charge in [0, 0.05) is 18.4 Å². The lowest BCUT2D eigenvalue weighted by Crippen LogP contribution is -2.42. The number of aromatic nitrogens is 3. The maximum Gasteiger partial charge on any atom is 0.315 e. The number of hydrogen-bond acceptors (Lipinski definition) is 6. The third kappa shape index (κ3) is 3.70. The molecule has 3 rings (SSSR count). The summed E-state index contributed by atoms with van der Waals surface area (Å²) in [5.74, 6) is 0.274. The lowest BCUT2D eigenvalue weighted by atomic mass is 9.74. The Labute approximate surface area is 145 Å². The van der Waals surface area contributed by atoms with Crippen LogP contribution in [0.25, 0.3) is 11.3 Å². The van der Waals surface area contributed by atoms with Crippen LogP contribution in [0.5, 0.6) is 5.88 Å². The van der Waals surface area contributed by atoms with Crippen LogP contribution >= 0.6 is 0 Å². The number of aromatic amines is 1. The maximum atomic E-state index is 12.5. The first-order valence-electron chi connectivity index (χ1n) is 8.43. The van der Waals surface area contributed by atoms with E-state index in [1.165, 1.54) is 0 Å². The number of carbonyl (C=O) groups is 2. The predicted molar refractivity (Wildman–Crippen MR) is 89.9 cm³/mol. The zero-order valence-electron chi connectivity index (χ0n) is 14.2. The van der Waals surface area contributed by atoms with Crippen LogP contribution in [0.15, 0.2) is 30.3 Å². The molecule has 1 aliphatic carbocycles. The van der Waals surface area contributed by atoms with E-state index in [0.29, 0.717) is 43.9 Å². The van der Waals surface area contributed by atoms with Gasteiger partial charge in [-0.15, -0.1) is 5.10 Å². The molecule has 0 atom stereocenters. The van der Waals surface area contributed by atoms with Crippen LogP contribution in [0.1, 0.15) is 32.6 Å². The molecule has 1 fully saturated rings. The van der Waals surface area contributed by atoms with Crippen LogP contribution in [0.3, 0.4) is 0 Å². The van der Waals surface area contributed by atoms with Gasteiger partial charge in [-0.1, -0.05) is 35.5 Å². The molecule has 7 nitrogen and oxygen atoms in total. The summed E-state index contributed by atoms with van der Waals surface area (Å²) in [5, 5.41) is 10.6. The zero-order valence-corrected chi connectivity index (χ0v) is 14.2. The summed E-state index contributed by atoms with van der Waals surface area (Å²) >= 11 is 0. The lowest BCUT2D eigenvalue weighted by molar-refractivity contribution is -0.160. The quantitative estimate of drug-likeness (QED) is 0.810.